The molecule has 0 spiro atoms. The maximum Gasteiger partial charge on any atom is 0.164 e. The van der Waals surface area contributed by atoms with Crippen molar-refractivity contribution in [1.29, 1.82) is 0 Å². The van der Waals surface area contributed by atoms with E-state index in [0.717, 1.165) is 28.3 Å². The van der Waals surface area contributed by atoms with Gasteiger partial charge in [-0.3, -0.25) is 4.79 Å². The number of benzene rings is 2. The third kappa shape index (κ3) is 3.39. The first-order chi connectivity index (χ1) is 10.7. The van der Waals surface area contributed by atoms with Gasteiger partial charge in [-0.15, -0.1) is 0 Å². The molecule has 0 fully saturated rings. The highest BCUT2D eigenvalue weighted by Crippen LogP contribution is 2.32. The maximum absolute atomic E-state index is 12.1. The number of ether oxygens (including phenoxy) is 2. The van der Waals surface area contributed by atoms with E-state index in [0.29, 0.717) is 26.2 Å². The Kier molecular flexibility index (Phi) is 4.28. The Morgan fingerprint density at radius 1 is 1.05 bits per heavy atom. The SMILES string of the molecule is Cc1ccc(C(=O)CCNc2ccc3c(c2)OCCO3)cc1. The minimum atomic E-state index is 0.144. The van der Waals surface area contributed by atoms with Crippen molar-refractivity contribution in [2.24, 2.45) is 0 Å². The number of hydrogen-bond acceptors (Lipinski definition) is 4. The molecule has 0 aliphatic carbocycles. The number of nitrogens with one attached hydrogen (secondary N) is 1. The molecule has 1 aliphatic heterocycles. The molecule has 22 heavy (non-hydrogen) atoms. The zero-order valence-corrected chi connectivity index (χ0v) is 12.6. The summed E-state index contributed by atoms with van der Waals surface area (Å²) in [4.78, 5) is 12.1. The van der Waals surface area contributed by atoms with Crippen LogP contribution in [0.4, 0.5) is 5.69 Å². The second kappa shape index (κ2) is 6.52. The molecule has 0 amide bonds. The number of ketones is 1. The van der Waals surface area contributed by atoms with Crippen LogP contribution in [0.2, 0.25) is 0 Å². The average molecular weight is 297 g/mol. The van der Waals surface area contributed by atoms with E-state index in [1.54, 1.807) is 0 Å². The van der Waals surface area contributed by atoms with Gasteiger partial charge in [-0.25, -0.2) is 0 Å². The number of rotatable bonds is 5. The molecule has 0 radical (unpaired) electrons. The summed E-state index contributed by atoms with van der Waals surface area (Å²) in [5.41, 5.74) is 2.85. The minimum Gasteiger partial charge on any atom is -0.486 e. The van der Waals surface area contributed by atoms with Gasteiger partial charge in [-0.1, -0.05) is 29.8 Å². The molecule has 114 valence electrons. The number of carbonyl (C=O) groups excluding carboxylic acids is 1. The van der Waals surface area contributed by atoms with Crippen molar-refractivity contribution in [2.45, 2.75) is 13.3 Å². The molecule has 0 saturated heterocycles. The zero-order valence-electron chi connectivity index (χ0n) is 12.6. The molecule has 0 unspecified atom stereocenters. The Balaban J connectivity index is 1.54. The zero-order chi connectivity index (χ0) is 15.4. The van der Waals surface area contributed by atoms with Crippen molar-refractivity contribution in [3.63, 3.8) is 0 Å². The first-order valence-electron chi connectivity index (χ1n) is 7.46. The van der Waals surface area contributed by atoms with Crippen LogP contribution in [0.1, 0.15) is 22.3 Å². The molecule has 0 bridgehead atoms. The van der Waals surface area contributed by atoms with E-state index >= 15 is 0 Å². The predicted molar refractivity (Wildman–Crippen MR) is 86.0 cm³/mol. The standard InChI is InChI=1S/C18H19NO3/c1-13-2-4-14(5-3-13)16(20)8-9-19-15-6-7-17-18(12-15)22-11-10-21-17/h2-7,12,19H,8-11H2,1H3. The lowest BCUT2D eigenvalue weighted by Crippen LogP contribution is -2.15. The van der Waals surface area contributed by atoms with E-state index in [1.165, 1.54) is 0 Å². The molecule has 2 aromatic carbocycles. The van der Waals surface area contributed by atoms with Crippen molar-refractivity contribution in [3.8, 4) is 11.5 Å². The highest BCUT2D eigenvalue weighted by Gasteiger charge is 2.11. The quantitative estimate of drug-likeness (QED) is 0.859. The van der Waals surface area contributed by atoms with Gasteiger partial charge in [0.15, 0.2) is 17.3 Å². The molecule has 0 aromatic heterocycles. The summed E-state index contributed by atoms with van der Waals surface area (Å²) in [5, 5.41) is 3.25. The Labute approximate surface area is 130 Å². The molecule has 2 aromatic rings. The van der Waals surface area contributed by atoms with Crippen molar-refractivity contribution < 1.29 is 14.3 Å². The molecule has 3 rings (SSSR count). The number of anilines is 1. The second-order valence-corrected chi connectivity index (χ2v) is 5.32. The Bertz CT molecular complexity index is 665. The van der Waals surface area contributed by atoms with Gasteiger partial charge < -0.3 is 14.8 Å². The van der Waals surface area contributed by atoms with Gasteiger partial charge in [-0.2, -0.15) is 0 Å². The van der Waals surface area contributed by atoms with Crippen LogP contribution in [-0.2, 0) is 0 Å². The van der Waals surface area contributed by atoms with Crippen molar-refractivity contribution in [2.75, 3.05) is 25.1 Å². The second-order valence-electron chi connectivity index (χ2n) is 5.32. The van der Waals surface area contributed by atoms with Crippen molar-refractivity contribution in [3.05, 3.63) is 53.6 Å². The number of hydrogen-bond donors (Lipinski definition) is 1. The largest absolute Gasteiger partial charge is 0.486 e. The third-order valence-corrected chi connectivity index (χ3v) is 3.60. The fraction of sp³-hybridized carbons (Fsp3) is 0.278. The molecule has 4 heteroatoms. The molecule has 0 saturated carbocycles. The van der Waals surface area contributed by atoms with Crippen LogP contribution in [-0.4, -0.2) is 25.5 Å². The highest BCUT2D eigenvalue weighted by atomic mass is 16.6. The molecule has 4 nitrogen and oxygen atoms in total. The minimum absolute atomic E-state index is 0.144. The average Bonchev–Trinajstić information content (AvgIpc) is 2.55. The van der Waals surface area contributed by atoms with Crippen LogP contribution in [0, 0.1) is 6.92 Å². The van der Waals surface area contributed by atoms with Crippen molar-refractivity contribution >= 4 is 11.5 Å². The van der Waals surface area contributed by atoms with Crippen LogP contribution in [0.25, 0.3) is 0 Å². The maximum atomic E-state index is 12.1. The van der Waals surface area contributed by atoms with Crippen LogP contribution in [0.5, 0.6) is 11.5 Å². The Morgan fingerprint density at radius 2 is 1.77 bits per heavy atom. The van der Waals surface area contributed by atoms with E-state index in [2.05, 4.69) is 5.32 Å². The smallest absolute Gasteiger partial charge is 0.164 e. The van der Waals surface area contributed by atoms with E-state index in [9.17, 15) is 4.79 Å². The summed E-state index contributed by atoms with van der Waals surface area (Å²) >= 11 is 0. The topological polar surface area (TPSA) is 47.6 Å². The van der Waals surface area contributed by atoms with Gasteiger partial charge in [-0.05, 0) is 19.1 Å². The van der Waals surface area contributed by atoms with E-state index in [1.807, 2.05) is 49.4 Å². The summed E-state index contributed by atoms with van der Waals surface area (Å²) in [6.07, 6.45) is 0.456. The van der Waals surface area contributed by atoms with Gasteiger partial charge in [0.05, 0.1) is 0 Å². The van der Waals surface area contributed by atoms with Crippen LogP contribution in [0.3, 0.4) is 0 Å². The number of aryl methyl sites for hydroxylation is 1. The van der Waals surface area contributed by atoms with Crippen LogP contribution in [0.15, 0.2) is 42.5 Å². The summed E-state index contributed by atoms with van der Waals surface area (Å²) in [6.45, 7) is 3.76. The van der Waals surface area contributed by atoms with E-state index in [-0.39, 0.29) is 5.78 Å². The van der Waals surface area contributed by atoms with Gasteiger partial charge in [0.2, 0.25) is 0 Å². The highest BCUT2D eigenvalue weighted by molar-refractivity contribution is 5.96. The lowest BCUT2D eigenvalue weighted by Gasteiger charge is -2.19. The predicted octanol–water partition coefficient (Wildman–Crippen LogP) is 3.45. The van der Waals surface area contributed by atoms with Gasteiger partial charge in [0.1, 0.15) is 13.2 Å². The lowest BCUT2D eigenvalue weighted by molar-refractivity contribution is 0.0986. The first kappa shape index (κ1) is 14.4. The molecule has 0 atom stereocenters. The monoisotopic (exact) mass is 297 g/mol. The van der Waals surface area contributed by atoms with Crippen LogP contribution < -0.4 is 14.8 Å². The third-order valence-electron chi connectivity index (χ3n) is 3.60. The van der Waals surface area contributed by atoms with E-state index < -0.39 is 0 Å². The summed E-state index contributed by atoms with van der Waals surface area (Å²) in [5.74, 6) is 1.67. The number of Topliss-reactive ketones (excluding diaryl/α,β-unsaturated/α-hetero) is 1. The molecule has 1 aliphatic rings. The van der Waals surface area contributed by atoms with Crippen LogP contribution >= 0.6 is 0 Å². The fourth-order valence-corrected chi connectivity index (χ4v) is 2.36. The fourth-order valence-electron chi connectivity index (χ4n) is 2.36. The molecular weight excluding hydrogens is 278 g/mol. The van der Waals surface area contributed by atoms with Gasteiger partial charge >= 0.3 is 0 Å². The van der Waals surface area contributed by atoms with Gasteiger partial charge in [0, 0.05) is 30.3 Å². The summed E-state index contributed by atoms with van der Waals surface area (Å²) in [6, 6.07) is 13.4. The lowest BCUT2D eigenvalue weighted by atomic mass is 10.1. The Morgan fingerprint density at radius 3 is 2.55 bits per heavy atom. The first-order valence-corrected chi connectivity index (χ1v) is 7.46. The summed E-state index contributed by atoms with van der Waals surface area (Å²) < 4.78 is 11.0. The van der Waals surface area contributed by atoms with Gasteiger partial charge in [0.25, 0.3) is 0 Å². The Hall–Kier alpha value is -2.49. The normalized spacial score (nSPS) is 12.8. The molecule has 1 N–H and O–H groups in total. The molecule has 1 heterocycles. The molecular formula is C18H19NO3. The number of fused-ring (bicyclic) bond motifs is 1. The summed E-state index contributed by atoms with van der Waals surface area (Å²) in [7, 11) is 0. The van der Waals surface area contributed by atoms with E-state index in [4.69, 9.17) is 9.47 Å². The number of carbonyl (C=O) groups is 1. The van der Waals surface area contributed by atoms with Crippen molar-refractivity contribution in [1.82, 2.24) is 0 Å².